The molecule has 0 aliphatic heterocycles. The summed E-state index contributed by atoms with van der Waals surface area (Å²) in [6.45, 7) is 3.63. The van der Waals surface area contributed by atoms with Crippen LogP contribution < -0.4 is 5.73 Å². The third kappa shape index (κ3) is 60.0. The van der Waals surface area contributed by atoms with Crippen molar-refractivity contribution in [1.82, 2.24) is 0 Å². The first kappa shape index (κ1) is 71.9. The van der Waals surface area contributed by atoms with E-state index < -0.39 is 26.5 Å². The third-order valence-electron chi connectivity index (χ3n) is 13.0. The fourth-order valence-electron chi connectivity index (χ4n) is 8.44. The number of unbranched alkanes of at least 4 members (excludes halogenated alkanes) is 28. The van der Waals surface area contributed by atoms with Crippen molar-refractivity contribution >= 4 is 19.8 Å². The van der Waals surface area contributed by atoms with Crippen LogP contribution in [0.3, 0.4) is 0 Å². The molecule has 0 bridgehead atoms. The van der Waals surface area contributed by atoms with Crippen LogP contribution in [0.4, 0.5) is 0 Å². The molecule has 2 atom stereocenters. The van der Waals surface area contributed by atoms with Crippen molar-refractivity contribution in [3.05, 3.63) is 97.2 Å². The topological polar surface area (TPSA) is 134 Å². The summed E-state index contributed by atoms with van der Waals surface area (Å²) in [5.41, 5.74) is 5.39. The van der Waals surface area contributed by atoms with Crippen LogP contribution in [0.25, 0.3) is 0 Å². The second-order valence-corrected chi connectivity index (χ2v) is 21.6. The highest BCUT2D eigenvalue weighted by Crippen LogP contribution is 2.43. The van der Waals surface area contributed by atoms with Crippen LogP contribution in [0.1, 0.15) is 271 Å². The quantitative estimate of drug-likeness (QED) is 0.0264. The molecule has 0 aliphatic carbocycles. The first-order valence-corrected chi connectivity index (χ1v) is 32.2. The van der Waals surface area contributed by atoms with E-state index in [1.54, 1.807) is 0 Å². The SMILES string of the molecule is CC/C=C\C/C=C\C/C=C\C/C=C\C/C=C\CCCCCCCCCCCCCC(=O)OC(COC(=O)CCCCCCCCCCCCCC/C=C\C/C=C\C/C=C\CCCCCCC)COP(=O)(O)OCCN. The maximum atomic E-state index is 12.7. The summed E-state index contributed by atoms with van der Waals surface area (Å²) in [6, 6.07) is 0. The van der Waals surface area contributed by atoms with E-state index in [1.165, 1.54) is 148 Å². The molecule has 2 unspecified atom stereocenters. The van der Waals surface area contributed by atoms with Crippen molar-refractivity contribution in [3.8, 4) is 0 Å². The summed E-state index contributed by atoms with van der Waals surface area (Å²) in [4.78, 5) is 35.3. The van der Waals surface area contributed by atoms with Crippen molar-refractivity contribution in [2.75, 3.05) is 26.4 Å². The predicted molar refractivity (Wildman–Crippen MR) is 321 cm³/mol. The van der Waals surface area contributed by atoms with Gasteiger partial charge in [-0.05, 0) is 96.3 Å². The van der Waals surface area contributed by atoms with Gasteiger partial charge in [0, 0.05) is 19.4 Å². The van der Waals surface area contributed by atoms with Crippen LogP contribution in [0, 0.1) is 0 Å². The van der Waals surface area contributed by atoms with Crippen molar-refractivity contribution in [1.29, 1.82) is 0 Å². The Labute approximate surface area is 461 Å². The van der Waals surface area contributed by atoms with E-state index >= 15 is 0 Å². The Kier molecular flexibility index (Phi) is 57.7. The third-order valence-corrected chi connectivity index (χ3v) is 13.9. The maximum Gasteiger partial charge on any atom is 0.472 e. The minimum Gasteiger partial charge on any atom is -0.462 e. The lowest BCUT2D eigenvalue weighted by Crippen LogP contribution is -2.29. The summed E-state index contributed by atoms with van der Waals surface area (Å²) in [5.74, 6) is -0.831. The van der Waals surface area contributed by atoms with E-state index in [4.69, 9.17) is 24.3 Å². The molecule has 0 saturated carbocycles. The molecule has 0 aromatic carbocycles. The van der Waals surface area contributed by atoms with Gasteiger partial charge in [-0.15, -0.1) is 0 Å². The van der Waals surface area contributed by atoms with Crippen LogP contribution >= 0.6 is 7.82 Å². The Balaban J connectivity index is 3.97. The summed E-state index contributed by atoms with van der Waals surface area (Å²) in [6.07, 6.45) is 80.3. The molecular weight excluding hydrogens is 954 g/mol. The molecule has 0 aromatic rings. The molecule has 0 saturated heterocycles. The Morgan fingerprint density at radius 2 is 0.733 bits per heavy atom. The van der Waals surface area contributed by atoms with Crippen molar-refractivity contribution in [2.45, 2.75) is 277 Å². The second-order valence-electron chi connectivity index (χ2n) is 20.2. The average Bonchev–Trinajstić information content (AvgIpc) is 3.40. The fraction of sp³-hybridized carbons (Fsp3) is 0.723. The van der Waals surface area contributed by atoms with Gasteiger partial charge in [-0.1, -0.05) is 259 Å². The van der Waals surface area contributed by atoms with E-state index in [9.17, 15) is 19.0 Å². The number of hydrogen-bond acceptors (Lipinski definition) is 8. The van der Waals surface area contributed by atoms with Crippen LogP contribution in [0.2, 0.25) is 0 Å². The molecule has 0 aromatic heterocycles. The standard InChI is InChI=1S/C65H114NO8P/c1-3-5-7-9-11-13-15-17-19-21-23-25-27-29-31-33-35-37-39-41-43-45-47-49-51-53-55-57-64(67)71-61-63(62-73-75(69,70)72-60-59-66)74-65(68)58-56-54-52-50-48-46-44-42-40-38-36-34-32-30-28-26-24-22-20-18-16-14-12-10-8-6-4-2/h6,8,12,14-15,17-18,20-21,23-24,26-27,29-30,32,63H,3-5,7,9-11,13,16,19,22,25,28,31,33-62,66H2,1-2H3,(H,69,70)/b8-6-,14-12-,17-15-,20-18-,23-21-,26-24-,29-27-,32-30-. The molecule has 0 rings (SSSR count). The molecule has 3 N–H and O–H groups in total. The van der Waals surface area contributed by atoms with E-state index in [0.717, 1.165) is 89.9 Å². The largest absolute Gasteiger partial charge is 0.472 e. The monoisotopic (exact) mass is 1070 g/mol. The highest BCUT2D eigenvalue weighted by Gasteiger charge is 2.26. The molecule has 9 nitrogen and oxygen atoms in total. The summed E-state index contributed by atoms with van der Waals surface area (Å²) >= 11 is 0. The number of esters is 2. The summed E-state index contributed by atoms with van der Waals surface area (Å²) in [7, 11) is -4.40. The van der Waals surface area contributed by atoms with Crippen molar-refractivity contribution in [3.63, 3.8) is 0 Å². The van der Waals surface area contributed by atoms with Gasteiger partial charge in [0.15, 0.2) is 6.10 Å². The van der Waals surface area contributed by atoms with Gasteiger partial charge in [-0.25, -0.2) is 4.57 Å². The number of allylic oxidation sites excluding steroid dienone is 16. The van der Waals surface area contributed by atoms with Crippen molar-refractivity contribution < 1.29 is 37.6 Å². The Morgan fingerprint density at radius 3 is 1.09 bits per heavy atom. The molecule has 0 spiro atoms. The second kappa shape index (κ2) is 60.2. The van der Waals surface area contributed by atoms with E-state index in [0.29, 0.717) is 6.42 Å². The van der Waals surface area contributed by atoms with Crippen LogP contribution in [0.15, 0.2) is 97.2 Å². The molecule has 0 fully saturated rings. The minimum absolute atomic E-state index is 0.0489. The Hall–Kier alpha value is -3.07. The maximum absolute atomic E-state index is 12.7. The molecule has 0 heterocycles. The minimum atomic E-state index is -4.40. The van der Waals surface area contributed by atoms with Gasteiger partial charge in [-0.2, -0.15) is 0 Å². The van der Waals surface area contributed by atoms with E-state index in [2.05, 4.69) is 111 Å². The average molecular weight is 1070 g/mol. The lowest BCUT2D eigenvalue weighted by molar-refractivity contribution is -0.161. The zero-order valence-electron chi connectivity index (χ0n) is 48.3. The van der Waals surface area contributed by atoms with Gasteiger partial charge in [0.25, 0.3) is 0 Å². The molecular formula is C65H114NO8P. The molecule has 75 heavy (non-hydrogen) atoms. The molecule has 0 radical (unpaired) electrons. The van der Waals surface area contributed by atoms with Crippen molar-refractivity contribution in [2.24, 2.45) is 5.73 Å². The number of phosphoric acid groups is 1. The van der Waals surface area contributed by atoms with Gasteiger partial charge in [0.1, 0.15) is 6.61 Å². The number of hydrogen-bond donors (Lipinski definition) is 2. The van der Waals surface area contributed by atoms with Gasteiger partial charge < -0.3 is 20.1 Å². The molecule has 432 valence electrons. The number of ether oxygens (including phenoxy) is 2. The first-order valence-electron chi connectivity index (χ1n) is 30.7. The van der Waals surface area contributed by atoms with Crippen LogP contribution in [-0.4, -0.2) is 49.3 Å². The lowest BCUT2D eigenvalue weighted by Gasteiger charge is -2.19. The zero-order chi connectivity index (χ0) is 54.5. The Morgan fingerprint density at radius 1 is 0.413 bits per heavy atom. The van der Waals surface area contributed by atoms with E-state index in [1.807, 2.05) is 0 Å². The number of nitrogens with two attached hydrogens (primary N) is 1. The number of carbonyl (C=O) groups is 2. The number of rotatable bonds is 57. The van der Waals surface area contributed by atoms with E-state index in [-0.39, 0.29) is 38.6 Å². The molecule has 10 heteroatoms. The highest BCUT2D eigenvalue weighted by molar-refractivity contribution is 7.47. The van der Waals surface area contributed by atoms with Crippen LogP contribution in [0.5, 0.6) is 0 Å². The summed E-state index contributed by atoms with van der Waals surface area (Å²) in [5, 5.41) is 0. The zero-order valence-corrected chi connectivity index (χ0v) is 49.2. The fourth-order valence-corrected chi connectivity index (χ4v) is 9.20. The van der Waals surface area contributed by atoms with Gasteiger partial charge in [0.2, 0.25) is 0 Å². The number of phosphoric ester groups is 1. The first-order chi connectivity index (χ1) is 36.8. The van der Waals surface area contributed by atoms with Gasteiger partial charge in [0.05, 0.1) is 13.2 Å². The Bertz CT molecular complexity index is 1550. The van der Waals surface area contributed by atoms with Crippen LogP contribution in [-0.2, 0) is 32.7 Å². The molecule has 0 amide bonds. The number of carbonyl (C=O) groups excluding carboxylic acids is 2. The summed E-state index contributed by atoms with van der Waals surface area (Å²) < 4.78 is 33.1. The lowest BCUT2D eigenvalue weighted by atomic mass is 10.0. The normalized spacial score (nSPS) is 13.7. The van der Waals surface area contributed by atoms with Gasteiger partial charge >= 0.3 is 19.8 Å². The highest BCUT2D eigenvalue weighted by atomic mass is 31.2. The smallest absolute Gasteiger partial charge is 0.462 e. The predicted octanol–water partition coefficient (Wildman–Crippen LogP) is 19.6. The van der Waals surface area contributed by atoms with Gasteiger partial charge in [-0.3, -0.25) is 18.6 Å². The molecule has 0 aliphatic rings.